The number of rotatable bonds is 4. The van der Waals surface area contributed by atoms with Gasteiger partial charge in [0.1, 0.15) is 5.75 Å². The van der Waals surface area contributed by atoms with E-state index in [0.717, 1.165) is 12.1 Å². The Morgan fingerprint density at radius 1 is 1.21 bits per heavy atom. The number of amides is 2. The highest BCUT2D eigenvalue weighted by molar-refractivity contribution is 5.97. The summed E-state index contributed by atoms with van der Waals surface area (Å²) in [6.45, 7) is 0.278. The lowest BCUT2D eigenvalue weighted by atomic mass is 9.86. The zero-order valence-corrected chi connectivity index (χ0v) is 14.3. The number of fused-ring (bicyclic) bond motifs is 1. The maximum atomic E-state index is 12.8. The van der Waals surface area contributed by atoms with Crippen LogP contribution >= 0.6 is 0 Å². The molecule has 1 fully saturated rings. The average Bonchev–Trinajstić information content (AvgIpc) is 2.65. The van der Waals surface area contributed by atoms with Crippen LogP contribution < -0.4 is 15.0 Å². The zero-order valence-electron chi connectivity index (χ0n) is 14.3. The van der Waals surface area contributed by atoms with Crippen molar-refractivity contribution in [2.75, 3.05) is 18.5 Å². The number of carbonyl (C=O) groups is 2. The Morgan fingerprint density at radius 2 is 1.96 bits per heavy atom. The van der Waals surface area contributed by atoms with Crippen molar-refractivity contribution >= 4 is 17.5 Å². The quantitative estimate of drug-likeness (QED) is 0.923. The highest BCUT2D eigenvalue weighted by Crippen LogP contribution is 2.34. The second-order valence-electron chi connectivity index (χ2n) is 6.74. The molecule has 1 aliphatic heterocycles. The van der Waals surface area contributed by atoms with E-state index in [0.29, 0.717) is 18.1 Å². The SMILES string of the molecule is CNC(=O)C1CN(C(=O)CCC2CCCCC2)c2ccccc2O1. The van der Waals surface area contributed by atoms with Crippen molar-refractivity contribution in [1.29, 1.82) is 0 Å². The summed E-state index contributed by atoms with van der Waals surface area (Å²) in [7, 11) is 1.58. The summed E-state index contributed by atoms with van der Waals surface area (Å²) in [5, 5.41) is 2.61. The first-order chi connectivity index (χ1) is 11.7. The van der Waals surface area contributed by atoms with Gasteiger partial charge < -0.3 is 15.0 Å². The molecule has 1 aromatic carbocycles. The number of carbonyl (C=O) groups excluding carboxylic acids is 2. The minimum Gasteiger partial charge on any atom is -0.477 e. The second-order valence-corrected chi connectivity index (χ2v) is 6.74. The van der Waals surface area contributed by atoms with Gasteiger partial charge in [0.25, 0.3) is 5.91 Å². The van der Waals surface area contributed by atoms with Gasteiger partial charge in [0, 0.05) is 13.5 Å². The van der Waals surface area contributed by atoms with Crippen molar-refractivity contribution in [3.05, 3.63) is 24.3 Å². The first kappa shape index (κ1) is 16.8. The average molecular weight is 330 g/mol. The molecule has 0 spiro atoms. The normalized spacial score (nSPS) is 20.9. The predicted octanol–water partition coefficient (Wildman–Crippen LogP) is 2.89. The summed E-state index contributed by atoms with van der Waals surface area (Å²) >= 11 is 0. The predicted molar refractivity (Wildman–Crippen MR) is 93.1 cm³/mol. The number of hydrogen-bond donors (Lipinski definition) is 1. The third kappa shape index (κ3) is 3.71. The minimum absolute atomic E-state index is 0.0882. The first-order valence-electron chi connectivity index (χ1n) is 8.96. The van der Waals surface area contributed by atoms with Crippen LogP contribution in [0.15, 0.2) is 24.3 Å². The number of anilines is 1. The summed E-state index contributed by atoms with van der Waals surface area (Å²) in [4.78, 5) is 26.5. The fraction of sp³-hybridized carbons (Fsp3) is 0.579. The number of ether oxygens (including phenoxy) is 1. The zero-order chi connectivity index (χ0) is 16.9. The van der Waals surface area contributed by atoms with E-state index in [1.54, 1.807) is 11.9 Å². The molecule has 24 heavy (non-hydrogen) atoms. The lowest BCUT2D eigenvalue weighted by Crippen LogP contribution is -2.50. The van der Waals surface area contributed by atoms with E-state index in [9.17, 15) is 9.59 Å². The van der Waals surface area contributed by atoms with Gasteiger partial charge in [0.05, 0.1) is 12.2 Å². The van der Waals surface area contributed by atoms with Gasteiger partial charge in [-0.3, -0.25) is 9.59 Å². The molecule has 1 aromatic rings. The molecule has 0 aromatic heterocycles. The Hall–Kier alpha value is -2.04. The molecule has 0 saturated heterocycles. The summed E-state index contributed by atoms with van der Waals surface area (Å²) in [6.07, 6.45) is 7.23. The molecule has 1 aliphatic carbocycles. The van der Waals surface area contributed by atoms with Crippen LogP contribution in [0.3, 0.4) is 0 Å². The number of hydrogen-bond acceptors (Lipinski definition) is 3. The van der Waals surface area contributed by atoms with E-state index >= 15 is 0 Å². The van der Waals surface area contributed by atoms with Crippen LogP contribution in [0.2, 0.25) is 0 Å². The van der Waals surface area contributed by atoms with E-state index in [1.165, 1.54) is 32.1 Å². The van der Waals surface area contributed by atoms with Crippen LogP contribution in [0.4, 0.5) is 5.69 Å². The molecule has 2 aliphatic rings. The molecule has 1 saturated carbocycles. The molecule has 5 heteroatoms. The molecule has 2 amide bonds. The largest absolute Gasteiger partial charge is 0.477 e. The van der Waals surface area contributed by atoms with Gasteiger partial charge >= 0.3 is 0 Å². The number of likely N-dealkylation sites (N-methyl/N-ethyl adjacent to an activating group) is 1. The van der Waals surface area contributed by atoms with Crippen molar-refractivity contribution in [2.45, 2.75) is 51.0 Å². The fourth-order valence-electron chi connectivity index (χ4n) is 3.71. The Labute approximate surface area is 143 Å². The molecule has 1 N–H and O–H groups in total. The van der Waals surface area contributed by atoms with E-state index in [2.05, 4.69) is 5.32 Å². The summed E-state index contributed by atoms with van der Waals surface area (Å²) in [6, 6.07) is 7.44. The van der Waals surface area contributed by atoms with Crippen LogP contribution in [-0.2, 0) is 9.59 Å². The van der Waals surface area contributed by atoms with Crippen LogP contribution in [-0.4, -0.2) is 31.5 Å². The maximum absolute atomic E-state index is 12.8. The lowest BCUT2D eigenvalue weighted by molar-refractivity contribution is -0.128. The van der Waals surface area contributed by atoms with Crippen LogP contribution in [0.1, 0.15) is 44.9 Å². The molecule has 1 unspecified atom stereocenters. The monoisotopic (exact) mass is 330 g/mol. The molecule has 5 nitrogen and oxygen atoms in total. The lowest BCUT2D eigenvalue weighted by Gasteiger charge is -2.34. The Morgan fingerprint density at radius 3 is 2.71 bits per heavy atom. The third-order valence-corrected chi connectivity index (χ3v) is 5.10. The minimum atomic E-state index is -0.650. The Balaban J connectivity index is 1.69. The van der Waals surface area contributed by atoms with Gasteiger partial charge in [-0.05, 0) is 24.5 Å². The van der Waals surface area contributed by atoms with E-state index in [-0.39, 0.29) is 18.4 Å². The summed E-state index contributed by atoms with van der Waals surface area (Å²) in [5.41, 5.74) is 0.770. The second kappa shape index (κ2) is 7.69. The van der Waals surface area contributed by atoms with Gasteiger partial charge in [-0.1, -0.05) is 44.2 Å². The Bertz CT molecular complexity index is 596. The number of nitrogens with one attached hydrogen (secondary N) is 1. The molecule has 0 radical (unpaired) electrons. The van der Waals surface area contributed by atoms with Crippen molar-refractivity contribution in [2.24, 2.45) is 5.92 Å². The number of para-hydroxylation sites is 2. The number of nitrogens with zero attached hydrogens (tertiary/aromatic N) is 1. The highest BCUT2D eigenvalue weighted by Gasteiger charge is 2.33. The van der Waals surface area contributed by atoms with E-state index < -0.39 is 6.10 Å². The van der Waals surface area contributed by atoms with E-state index in [4.69, 9.17) is 4.74 Å². The smallest absolute Gasteiger partial charge is 0.262 e. The van der Waals surface area contributed by atoms with Gasteiger partial charge in [-0.25, -0.2) is 0 Å². The highest BCUT2D eigenvalue weighted by atomic mass is 16.5. The van der Waals surface area contributed by atoms with Crippen molar-refractivity contribution in [1.82, 2.24) is 5.32 Å². The molecule has 1 heterocycles. The van der Waals surface area contributed by atoms with Crippen LogP contribution in [0.5, 0.6) is 5.75 Å². The van der Waals surface area contributed by atoms with E-state index in [1.807, 2.05) is 24.3 Å². The van der Waals surface area contributed by atoms with Gasteiger partial charge in [0.15, 0.2) is 6.10 Å². The molecule has 0 bridgehead atoms. The van der Waals surface area contributed by atoms with Gasteiger partial charge in [-0.2, -0.15) is 0 Å². The molecule has 1 atom stereocenters. The fourth-order valence-corrected chi connectivity index (χ4v) is 3.71. The standard InChI is InChI=1S/C19H26N2O3/c1-20-19(23)17-13-21(15-9-5-6-10-16(15)24-17)18(22)12-11-14-7-3-2-4-8-14/h5-6,9-10,14,17H,2-4,7-8,11-13H2,1H3,(H,20,23). The Kier molecular flexibility index (Phi) is 5.38. The molecule has 130 valence electrons. The third-order valence-electron chi connectivity index (χ3n) is 5.10. The molecular weight excluding hydrogens is 304 g/mol. The van der Waals surface area contributed by atoms with Gasteiger partial charge in [-0.15, -0.1) is 0 Å². The van der Waals surface area contributed by atoms with Crippen LogP contribution in [0, 0.1) is 5.92 Å². The number of benzene rings is 1. The molecule has 3 rings (SSSR count). The summed E-state index contributed by atoms with van der Waals surface area (Å²) < 4.78 is 5.75. The van der Waals surface area contributed by atoms with Crippen molar-refractivity contribution < 1.29 is 14.3 Å². The van der Waals surface area contributed by atoms with Gasteiger partial charge in [0.2, 0.25) is 5.91 Å². The van der Waals surface area contributed by atoms with Crippen molar-refractivity contribution in [3.8, 4) is 5.75 Å². The van der Waals surface area contributed by atoms with Crippen LogP contribution in [0.25, 0.3) is 0 Å². The summed E-state index contributed by atoms with van der Waals surface area (Å²) in [5.74, 6) is 1.16. The maximum Gasteiger partial charge on any atom is 0.262 e. The first-order valence-corrected chi connectivity index (χ1v) is 8.96. The topological polar surface area (TPSA) is 58.6 Å². The molecular formula is C19H26N2O3. The van der Waals surface area contributed by atoms with Crippen molar-refractivity contribution in [3.63, 3.8) is 0 Å².